The second-order valence-corrected chi connectivity index (χ2v) is 5.28. The van der Waals surface area contributed by atoms with Gasteiger partial charge in [0.05, 0.1) is 0 Å². The maximum absolute atomic E-state index is 12.1. The van der Waals surface area contributed by atoms with Crippen LogP contribution in [0.15, 0.2) is 22.1 Å². The molecule has 1 heterocycles. The Labute approximate surface area is 119 Å². The number of hydrogen-bond donors (Lipinski definition) is 1. The minimum atomic E-state index is -0.298. The number of amides is 1. The summed E-state index contributed by atoms with van der Waals surface area (Å²) in [5, 5.41) is 12.1. The molecule has 0 bridgehead atoms. The van der Waals surface area contributed by atoms with Gasteiger partial charge in [0.25, 0.3) is 5.91 Å². The minimum Gasteiger partial charge on any atom is -0.462 e. The minimum absolute atomic E-state index is 0.101. The Hall–Kier alpha value is -2.02. The van der Waals surface area contributed by atoms with Gasteiger partial charge in [-0.25, -0.2) is 0 Å². The fourth-order valence-electron chi connectivity index (χ4n) is 2.51. The standard InChI is InChI=1S/C16H20N2O2/c1-12-8-9-15(20-12)10-13(11-17)16(19)18-14-6-4-2-3-5-7-14/h8-10,14H,2-7H2,1H3,(H,18,19)/b13-10+. The molecule has 1 N–H and O–H groups in total. The van der Waals surface area contributed by atoms with Gasteiger partial charge in [0.1, 0.15) is 23.2 Å². The normalized spacial score (nSPS) is 17.3. The molecule has 4 nitrogen and oxygen atoms in total. The third-order valence-corrected chi connectivity index (χ3v) is 3.60. The highest BCUT2D eigenvalue weighted by Gasteiger charge is 2.17. The number of nitrogens with one attached hydrogen (secondary N) is 1. The van der Waals surface area contributed by atoms with Crippen LogP contribution >= 0.6 is 0 Å². The van der Waals surface area contributed by atoms with E-state index in [-0.39, 0.29) is 17.5 Å². The van der Waals surface area contributed by atoms with Gasteiger partial charge in [-0.05, 0) is 31.9 Å². The molecular weight excluding hydrogens is 252 g/mol. The van der Waals surface area contributed by atoms with Crippen LogP contribution in [0.5, 0.6) is 0 Å². The number of carbonyl (C=O) groups is 1. The highest BCUT2D eigenvalue weighted by molar-refractivity contribution is 6.01. The summed E-state index contributed by atoms with van der Waals surface area (Å²) in [6.07, 6.45) is 8.27. The van der Waals surface area contributed by atoms with E-state index < -0.39 is 0 Å². The first-order valence-corrected chi connectivity index (χ1v) is 7.18. The Morgan fingerprint density at radius 2 is 2.05 bits per heavy atom. The van der Waals surface area contributed by atoms with Gasteiger partial charge in [-0.2, -0.15) is 5.26 Å². The van der Waals surface area contributed by atoms with Crippen molar-refractivity contribution < 1.29 is 9.21 Å². The lowest BCUT2D eigenvalue weighted by Crippen LogP contribution is -2.35. The smallest absolute Gasteiger partial charge is 0.262 e. The number of furan rings is 1. The van der Waals surface area contributed by atoms with E-state index in [1.807, 2.05) is 19.1 Å². The van der Waals surface area contributed by atoms with Crippen molar-refractivity contribution in [1.82, 2.24) is 5.32 Å². The van der Waals surface area contributed by atoms with Crippen molar-refractivity contribution in [1.29, 1.82) is 5.26 Å². The Morgan fingerprint density at radius 1 is 1.35 bits per heavy atom. The van der Waals surface area contributed by atoms with Gasteiger partial charge in [0, 0.05) is 12.1 Å². The molecule has 0 aromatic carbocycles. The zero-order valence-corrected chi connectivity index (χ0v) is 11.8. The molecule has 1 aromatic heterocycles. The van der Waals surface area contributed by atoms with E-state index in [4.69, 9.17) is 9.68 Å². The number of aryl methyl sites for hydroxylation is 1. The summed E-state index contributed by atoms with van der Waals surface area (Å²) in [4.78, 5) is 12.1. The summed E-state index contributed by atoms with van der Waals surface area (Å²) >= 11 is 0. The number of carbonyl (C=O) groups excluding carboxylic acids is 1. The van der Waals surface area contributed by atoms with E-state index in [1.54, 1.807) is 6.07 Å². The van der Waals surface area contributed by atoms with Gasteiger partial charge < -0.3 is 9.73 Å². The molecule has 1 aromatic rings. The third-order valence-electron chi connectivity index (χ3n) is 3.60. The summed E-state index contributed by atoms with van der Waals surface area (Å²) in [5.74, 6) is 1.00. The Bertz CT molecular complexity index is 529. The van der Waals surface area contributed by atoms with Crippen LogP contribution in [0.25, 0.3) is 6.08 Å². The van der Waals surface area contributed by atoms with Crippen LogP contribution in [-0.4, -0.2) is 11.9 Å². The zero-order chi connectivity index (χ0) is 14.4. The first-order valence-electron chi connectivity index (χ1n) is 7.18. The van der Waals surface area contributed by atoms with E-state index in [2.05, 4.69) is 5.32 Å². The van der Waals surface area contributed by atoms with Gasteiger partial charge in [0.15, 0.2) is 0 Å². The van der Waals surface area contributed by atoms with Crippen molar-refractivity contribution in [2.75, 3.05) is 0 Å². The van der Waals surface area contributed by atoms with Crippen molar-refractivity contribution in [2.45, 2.75) is 51.5 Å². The van der Waals surface area contributed by atoms with Crippen LogP contribution in [0, 0.1) is 18.3 Å². The molecule has 1 saturated carbocycles. The highest BCUT2D eigenvalue weighted by atomic mass is 16.3. The van der Waals surface area contributed by atoms with E-state index in [0.717, 1.165) is 31.4 Å². The second-order valence-electron chi connectivity index (χ2n) is 5.28. The molecule has 0 unspecified atom stereocenters. The molecule has 4 heteroatoms. The van der Waals surface area contributed by atoms with Crippen LogP contribution in [0.3, 0.4) is 0 Å². The van der Waals surface area contributed by atoms with E-state index in [0.29, 0.717) is 5.76 Å². The molecule has 1 aliphatic carbocycles. The van der Waals surface area contributed by atoms with Crippen LogP contribution < -0.4 is 5.32 Å². The molecule has 0 radical (unpaired) electrons. The maximum Gasteiger partial charge on any atom is 0.262 e. The van der Waals surface area contributed by atoms with Crippen molar-refractivity contribution in [3.63, 3.8) is 0 Å². The van der Waals surface area contributed by atoms with Gasteiger partial charge in [-0.15, -0.1) is 0 Å². The number of rotatable bonds is 3. The monoisotopic (exact) mass is 272 g/mol. The van der Waals surface area contributed by atoms with Crippen molar-refractivity contribution in [3.05, 3.63) is 29.2 Å². The van der Waals surface area contributed by atoms with Crippen molar-refractivity contribution in [2.24, 2.45) is 0 Å². The quantitative estimate of drug-likeness (QED) is 0.521. The summed E-state index contributed by atoms with van der Waals surface area (Å²) in [7, 11) is 0. The summed E-state index contributed by atoms with van der Waals surface area (Å²) in [6, 6.07) is 5.71. The van der Waals surface area contributed by atoms with Crippen LogP contribution in [0.2, 0.25) is 0 Å². The Kier molecular flexibility index (Phi) is 5.00. The largest absolute Gasteiger partial charge is 0.462 e. The first-order chi connectivity index (χ1) is 9.69. The molecule has 0 atom stereocenters. The van der Waals surface area contributed by atoms with Crippen LogP contribution in [0.1, 0.15) is 50.0 Å². The van der Waals surface area contributed by atoms with Gasteiger partial charge in [-0.3, -0.25) is 4.79 Å². The molecule has 0 saturated heterocycles. The lowest BCUT2D eigenvalue weighted by atomic mass is 10.1. The van der Waals surface area contributed by atoms with E-state index in [1.165, 1.54) is 18.9 Å². The summed E-state index contributed by atoms with van der Waals surface area (Å²) in [5.41, 5.74) is 0.101. The zero-order valence-electron chi connectivity index (χ0n) is 11.8. The first kappa shape index (κ1) is 14.4. The molecule has 1 fully saturated rings. The number of nitrogens with zero attached hydrogens (tertiary/aromatic N) is 1. The van der Waals surface area contributed by atoms with Crippen LogP contribution in [0.4, 0.5) is 0 Å². The van der Waals surface area contributed by atoms with Crippen molar-refractivity contribution in [3.8, 4) is 6.07 Å². The molecule has 0 spiro atoms. The predicted molar refractivity (Wildman–Crippen MR) is 76.7 cm³/mol. The lowest BCUT2D eigenvalue weighted by molar-refractivity contribution is -0.117. The predicted octanol–water partition coefficient (Wildman–Crippen LogP) is 3.33. The molecule has 106 valence electrons. The highest BCUT2D eigenvalue weighted by Crippen LogP contribution is 2.18. The average Bonchev–Trinajstić information content (AvgIpc) is 2.68. The Balaban J connectivity index is 2.02. The third kappa shape index (κ3) is 3.99. The maximum atomic E-state index is 12.1. The van der Waals surface area contributed by atoms with E-state index in [9.17, 15) is 4.79 Å². The fourth-order valence-corrected chi connectivity index (χ4v) is 2.51. The average molecular weight is 272 g/mol. The van der Waals surface area contributed by atoms with Crippen molar-refractivity contribution >= 4 is 12.0 Å². The second kappa shape index (κ2) is 6.95. The molecule has 2 rings (SSSR count). The SMILES string of the molecule is Cc1ccc(/C=C(\C#N)C(=O)NC2CCCCCC2)o1. The number of nitriles is 1. The van der Waals surface area contributed by atoms with Gasteiger partial charge >= 0.3 is 0 Å². The summed E-state index contributed by atoms with van der Waals surface area (Å²) in [6.45, 7) is 1.83. The fraction of sp³-hybridized carbons (Fsp3) is 0.500. The van der Waals surface area contributed by atoms with Crippen LogP contribution in [-0.2, 0) is 4.79 Å². The lowest BCUT2D eigenvalue weighted by Gasteiger charge is -2.15. The molecule has 20 heavy (non-hydrogen) atoms. The van der Waals surface area contributed by atoms with Gasteiger partial charge in [0.2, 0.25) is 0 Å². The van der Waals surface area contributed by atoms with Gasteiger partial charge in [-0.1, -0.05) is 25.7 Å². The number of hydrogen-bond acceptors (Lipinski definition) is 3. The molecule has 1 aliphatic rings. The molecular formula is C16H20N2O2. The Morgan fingerprint density at radius 3 is 2.60 bits per heavy atom. The molecule has 0 aliphatic heterocycles. The molecule has 1 amide bonds. The van der Waals surface area contributed by atoms with E-state index >= 15 is 0 Å². The topological polar surface area (TPSA) is 66.0 Å². The summed E-state index contributed by atoms with van der Waals surface area (Å²) < 4.78 is 5.37.